The Morgan fingerprint density at radius 3 is 2.76 bits per heavy atom. The molecular formula is C18H27N3O4. The Morgan fingerprint density at radius 1 is 1.36 bits per heavy atom. The fourth-order valence-electron chi connectivity index (χ4n) is 2.63. The van der Waals surface area contributed by atoms with Gasteiger partial charge in [0, 0.05) is 25.3 Å². The predicted octanol–water partition coefficient (Wildman–Crippen LogP) is 1.72. The third-order valence-corrected chi connectivity index (χ3v) is 3.66. The van der Waals surface area contributed by atoms with Gasteiger partial charge in [0.15, 0.2) is 0 Å². The van der Waals surface area contributed by atoms with E-state index in [0.717, 1.165) is 25.1 Å². The number of alkyl carbamates (subject to hydrolysis) is 1. The minimum atomic E-state index is -0.621. The molecule has 138 valence electrons. The van der Waals surface area contributed by atoms with Gasteiger partial charge in [-0.05, 0) is 44.9 Å². The van der Waals surface area contributed by atoms with E-state index in [4.69, 9.17) is 4.74 Å². The Hall–Kier alpha value is -2.12. The first-order valence-electron chi connectivity index (χ1n) is 8.47. The zero-order chi connectivity index (χ0) is 18.4. The number of anilines is 1. The second-order valence-corrected chi connectivity index (χ2v) is 7.28. The molecule has 1 atom stereocenters. The van der Waals surface area contributed by atoms with Gasteiger partial charge in [-0.15, -0.1) is 0 Å². The number of hydrogen-bond acceptors (Lipinski definition) is 5. The highest BCUT2D eigenvalue weighted by molar-refractivity contribution is 5.93. The molecule has 0 radical (unpaired) electrons. The Bertz CT molecular complexity index is 613. The van der Waals surface area contributed by atoms with E-state index in [-0.39, 0.29) is 18.6 Å². The number of amides is 2. The van der Waals surface area contributed by atoms with Crippen molar-refractivity contribution in [1.82, 2.24) is 10.2 Å². The van der Waals surface area contributed by atoms with Crippen LogP contribution in [-0.4, -0.2) is 53.3 Å². The summed E-state index contributed by atoms with van der Waals surface area (Å²) in [5, 5.41) is 14.8. The molecule has 1 aliphatic rings. The molecule has 0 unspecified atom stereocenters. The number of likely N-dealkylation sites (tertiary alicyclic amines) is 1. The average molecular weight is 349 g/mol. The number of aliphatic hydroxyl groups excluding tert-OH is 1. The number of β-amino-alcohol motifs (C(OH)–C–C–N with tert-alkyl or cyclic N) is 1. The molecule has 0 aliphatic carbocycles. The summed E-state index contributed by atoms with van der Waals surface area (Å²) in [6, 6.07) is 7.56. The lowest BCUT2D eigenvalue weighted by Crippen LogP contribution is -2.37. The van der Waals surface area contributed by atoms with Gasteiger partial charge in [-0.1, -0.05) is 12.1 Å². The molecule has 1 heterocycles. The maximum absolute atomic E-state index is 12.0. The molecule has 7 nitrogen and oxygen atoms in total. The van der Waals surface area contributed by atoms with Gasteiger partial charge < -0.3 is 20.5 Å². The smallest absolute Gasteiger partial charge is 0.408 e. The van der Waals surface area contributed by atoms with E-state index in [1.807, 2.05) is 18.2 Å². The fraction of sp³-hybridized carbons (Fsp3) is 0.556. The number of hydrogen-bond donors (Lipinski definition) is 3. The van der Waals surface area contributed by atoms with Crippen LogP contribution in [0.25, 0.3) is 0 Å². The largest absolute Gasteiger partial charge is 0.444 e. The summed E-state index contributed by atoms with van der Waals surface area (Å²) in [4.78, 5) is 25.7. The third-order valence-electron chi connectivity index (χ3n) is 3.66. The Labute approximate surface area is 148 Å². The normalized spacial score (nSPS) is 18.0. The van der Waals surface area contributed by atoms with Crippen LogP contribution in [0.15, 0.2) is 24.3 Å². The lowest BCUT2D eigenvalue weighted by Gasteiger charge is -2.19. The van der Waals surface area contributed by atoms with Crippen molar-refractivity contribution in [3.05, 3.63) is 29.8 Å². The van der Waals surface area contributed by atoms with E-state index < -0.39 is 11.7 Å². The van der Waals surface area contributed by atoms with Crippen LogP contribution >= 0.6 is 0 Å². The number of ether oxygens (including phenoxy) is 1. The van der Waals surface area contributed by atoms with Crippen LogP contribution in [0.1, 0.15) is 32.8 Å². The number of nitrogens with zero attached hydrogens (tertiary/aromatic N) is 1. The zero-order valence-corrected chi connectivity index (χ0v) is 15.0. The van der Waals surface area contributed by atoms with Crippen LogP contribution in [0, 0.1) is 0 Å². The van der Waals surface area contributed by atoms with Crippen molar-refractivity contribution >= 4 is 17.7 Å². The van der Waals surface area contributed by atoms with E-state index in [2.05, 4.69) is 15.5 Å². The van der Waals surface area contributed by atoms with Crippen molar-refractivity contribution in [2.45, 2.75) is 45.4 Å². The summed E-state index contributed by atoms with van der Waals surface area (Å²) in [5.41, 5.74) is 1.14. The standard InChI is InChI=1S/C18H27N3O4/c1-18(2,3)25-17(24)19-10-16(23)20-14-6-4-5-13(9-14)11-21-8-7-15(22)12-21/h4-6,9,15,22H,7-8,10-12H2,1-3H3,(H,19,24)(H,20,23)/t15-/m0/s1. The molecule has 0 saturated carbocycles. The van der Waals surface area contributed by atoms with Crippen LogP contribution in [0.3, 0.4) is 0 Å². The SMILES string of the molecule is CC(C)(C)OC(=O)NCC(=O)Nc1cccc(CN2CC[C@H](O)C2)c1. The average Bonchev–Trinajstić information content (AvgIpc) is 2.89. The summed E-state index contributed by atoms with van der Waals surface area (Å²) in [6.07, 6.45) is -0.0712. The van der Waals surface area contributed by atoms with Gasteiger partial charge in [0.1, 0.15) is 12.1 Å². The Balaban J connectivity index is 1.80. The van der Waals surface area contributed by atoms with E-state index in [9.17, 15) is 14.7 Å². The molecule has 7 heteroatoms. The second kappa shape index (κ2) is 8.31. The summed E-state index contributed by atoms with van der Waals surface area (Å²) < 4.78 is 5.08. The minimum absolute atomic E-state index is 0.155. The summed E-state index contributed by atoms with van der Waals surface area (Å²) >= 11 is 0. The van der Waals surface area contributed by atoms with Crippen molar-refractivity contribution in [3.8, 4) is 0 Å². The number of nitrogens with one attached hydrogen (secondary N) is 2. The minimum Gasteiger partial charge on any atom is -0.444 e. The van der Waals surface area contributed by atoms with E-state index in [1.165, 1.54) is 0 Å². The van der Waals surface area contributed by atoms with E-state index in [0.29, 0.717) is 12.2 Å². The fourth-order valence-corrected chi connectivity index (χ4v) is 2.63. The number of carbonyl (C=O) groups excluding carboxylic acids is 2. The summed E-state index contributed by atoms with van der Waals surface area (Å²) in [6.45, 7) is 7.41. The first-order valence-corrected chi connectivity index (χ1v) is 8.47. The first-order chi connectivity index (χ1) is 11.7. The molecule has 25 heavy (non-hydrogen) atoms. The highest BCUT2D eigenvalue weighted by Gasteiger charge is 2.20. The van der Waals surface area contributed by atoms with Crippen LogP contribution in [0.5, 0.6) is 0 Å². The van der Waals surface area contributed by atoms with Crippen LogP contribution < -0.4 is 10.6 Å². The van der Waals surface area contributed by atoms with Gasteiger partial charge in [0.05, 0.1) is 6.10 Å². The highest BCUT2D eigenvalue weighted by Crippen LogP contribution is 2.16. The molecule has 2 rings (SSSR count). The van der Waals surface area contributed by atoms with Crippen molar-refractivity contribution in [2.75, 3.05) is 25.0 Å². The van der Waals surface area contributed by atoms with Crippen molar-refractivity contribution < 1.29 is 19.4 Å². The van der Waals surface area contributed by atoms with Crippen molar-refractivity contribution in [2.24, 2.45) is 0 Å². The first kappa shape index (κ1) is 19.2. The lowest BCUT2D eigenvalue weighted by molar-refractivity contribution is -0.115. The van der Waals surface area contributed by atoms with Gasteiger partial charge >= 0.3 is 6.09 Å². The van der Waals surface area contributed by atoms with E-state index >= 15 is 0 Å². The summed E-state index contributed by atoms with van der Waals surface area (Å²) in [7, 11) is 0. The number of carbonyl (C=O) groups is 2. The molecule has 0 bridgehead atoms. The van der Waals surface area contributed by atoms with Crippen LogP contribution in [0.4, 0.5) is 10.5 Å². The van der Waals surface area contributed by atoms with Gasteiger partial charge in [-0.3, -0.25) is 9.69 Å². The molecule has 1 aromatic carbocycles. The van der Waals surface area contributed by atoms with Gasteiger partial charge in [0.25, 0.3) is 0 Å². The zero-order valence-electron chi connectivity index (χ0n) is 15.0. The quantitative estimate of drug-likeness (QED) is 0.753. The van der Waals surface area contributed by atoms with Crippen LogP contribution in [0.2, 0.25) is 0 Å². The molecule has 1 aromatic rings. The van der Waals surface area contributed by atoms with Gasteiger partial charge in [-0.25, -0.2) is 4.79 Å². The van der Waals surface area contributed by atoms with Gasteiger partial charge in [0.2, 0.25) is 5.91 Å². The Morgan fingerprint density at radius 2 is 2.12 bits per heavy atom. The number of rotatable bonds is 5. The third kappa shape index (κ3) is 7.11. The molecule has 0 aromatic heterocycles. The molecule has 1 aliphatic heterocycles. The molecular weight excluding hydrogens is 322 g/mol. The maximum atomic E-state index is 12.0. The second-order valence-electron chi connectivity index (χ2n) is 7.28. The highest BCUT2D eigenvalue weighted by atomic mass is 16.6. The number of benzene rings is 1. The predicted molar refractivity (Wildman–Crippen MR) is 95.2 cm³/mol. The monoisotopic (exact) mass is 349 g/mol. The van der Waals surface area contributed by atoms with E-state index in [1.54, 1.807) is 26.8 Å². The topological polar surface area (TPSA) is 90.9 Å². The molecule has 1 saturated heterocycles. The molecule has 2 amide bonds. The van der Waals surface area contributed by atoms with Crippen LogP contribution in [-0.2, 0) is 16.1 Å². The van der Waals surface area contributed by atoms with Crippen molar-refractivity contribution in [3.63, 3.8) is 0 Å². The Kier molecular flexibility index (Phi) is 6.39. The lowest BCUT2D eigenvalue weighted by atomic mass is 10.2. The van der Waals surface area contributed by atoms with Gasteiger partial charge in [-0.2, -0.15) is 0 Å². The summed E-state index contributed by atoms with van der Waals surface area (Å²) in [5.74, 6) is -0.320. The molecule has 3 N–H and O–H groups in total. The maximum Gasteiger partial charge on any atom is 0.408 e. The number of aliphatic hydroxyl groups is 1. The van der Waals surface area contributed by atoms with Crippen molar-refractivity contribution in [1.29, 1.82) is 0 Å². The molecule has 1 fully saturated rings. The molecule has 0 spiro atoms.